The molecule has 0 spiro atoms. The molecule has 0 aliphatic carbocycles. The number of hydrogen-bond donors (Lipinski definition) is 3. The van der Waals surface area contributed by atoms with E-state index in [-0.39, 0.29) is 29.2 Å². The van der Waals surface area contributed by atoms with E-state index in [1.165, 1.54) is 31.5 Å². The van der Waals surface area contributed by atoms with Gasteiger partial charge in [-0.25, -0.2) is 27.8 Å². The van der Waals surface area contributed by atoms with Crippen molar-refractivity contribution in [3.63, 3.8) is 0 Å². The van der Waals surface area contributed by atoms with Crippen molar-refractivity contribution in [2.24, 2.45) is 0 Å². The first-order chi connectivity index (χ1) is 16.7. The zero-order valence-corrected chi connectivity index (χ0v) is 19.4. The first kappa shape index (κ1) is 24.1. The minimum atomic E-state index is -3.92. The van der Waals surface area contributed by atoms with Crippen molar-refractivity contribution >= 4 is 38.2 Å². The van der Waals surface area contributed by atoms with Crippen molar-refractivity contribution in [2.45, 2.75) is 6.42 Å². The highest BCUT2D eigenvalue weighted by Crippen LogP contribution is 2.38. The van der Waals surface area contributed by atoms with E-state index in [2.05, 4.69) is 19.7 Å². The first-order valence-electron chi connectivity index (χ1n) is 10.4. The molecule has 0 amide bonds. The molecule has 12 heteroatoms. The second-order valence-corrected chi connectivity index (χ2v) is 9.45. The van der Waals surface area contributed by atoms with Crippen LogP contribution in [0.1, 0.15) is 6.42 Å². The van der Waals surface area contributed by atoms with E-state index < -0.39 is 28.3 Å². The van der Waals surface area contributed by atoms with Gasteiger partial charge in [0.15, 0.2) is 11.6 Å². The fourth-order valence-electron chi connectivity index (χ4n) is 3.51. The molecule has 0 radical (unpaired) electrons. The Hall–Kier alpha value is -4.06. The molecule has 0 unspecified atom stereocenters. The second kappa shape index (κ2) is 9.66. The highest BCUT2D eigenvalue weighted by molar-refractivity contribution is 7.92. The average Bonchev–Trinajstić information content (AvgIpc) is 2.84. The smallest absolute Gasteiger partial charge is 0.232 e. The summed E-state index contributed by atoms with van der Waals surface area (Å²) in [4.78, 5) is 12.9. The number of anilines is 3. The third kappa shape index (κ3) is 5.06. The van der Waals surface area contributed by atoms with Crippen LogP contribution in [0.4, 0.5) is 26.1 Å². The number of halogens is 2. The summed E-state index contributed by atoms with van der Waals surface area (Å²) in [6.07, 6.45) is 1.33. The maximum absolute atomic E-state index is 15.4. The summed E-state index contributed by atoms with van der Waals surface area (Å²) in [5, 5.41) is 0.446. The van der Waals surface area contributed by atoms with Gasteiger partial charge in [-0.05, 0) is 30.7 Å². The molecule has 2 aromatic carbocycles. The number of nitrogens with two attached hydrogens (primary N) is 2. The third-order valence-electron chi connectivity index (χ3n) is 5.19. The van der Waals surface area contributed by atoms with Gasteiger partial charge in [0.1, 0.15) is 17.4 Å². The molecule has 9 nitrogen and oxygen atoms in total. The van der Waals surface area contributed by atoms with Gasteiger partial charge < -0.3 is 16.2 Å². The molecule has 5 N–H and O–H groups in total. The number of benzene rings is 2. The number of methoxy groups -OCH3 is 1. The van der Waals surface area contributed by atoms with E-state index in [4.69, 9.17) is 16.2 Å². The van der Waals surface area contributed by atoms with Gasteiger partial charge in [-0.2, -0.15) is 0 Å². The Morgan fingerprint density at radius 2 is 1.89 bits per heavy atom. The Labute approximate surface area is 200 Å². The number of sulfonamides is 1. The van der Waals surface area contributed by atoms with Gasteiger partial charge in [0, 0.05) is 34.3 Å². The lowest BCUT2D eigenvalue weighted by molar-refractivity contribution is 0.416. The Bertz CT molecular complexity index is 1500. The largest absolute Gasteiger partial charge is 0.496 e. The predicted octanol–water partition coefficient (Wildman–Crippen LogP) is 3.77. The van der Waals surface area contributed by atoms with E-state index in [1.807, 2.05) is 0 Å². The lowest BCUT2D eigenvalue weighted by Crippen LogP contribution is -2.18. The monoisotopic (exact) mass is 500 g/mol. The van der Waals surface area contributed by atoms with Gasteiger partial charge in [0.2, 0.25) is 10.0 Å². The van der Waals surface area contributed by atoms with Gasteiger partial charge in [-0.15, -0.1) is 0 Å². The molecule has 0 saturated heterocycles. The standard InChI is InChI=1S/C23H22F2N6O3S/c1-34-19-11-18-16(22(27)30-23(29-18)13-6-7-20(26)28-12-13)10-15(19)14-4-2-5-17(21(14)25)31-35(32,33)9-3-8-24/h2,4-7,10-12,31H,3,8-9H2,1H3,(H2,26,28)(H2,27,29,30). The first-order valence-corrected chi connectivity index (χ1v) is 12.1. The maximum atomic E-state index is 15.4. The van der Waals surface area contributed by atoms with Gasteiger partial charge >= 0.3 is 0 Å². The van der Waals surface area contributed by atoms with Crippen molar-refractivity contribution in [3.8, 4) is 28.3 Å². The topological polar surface area (TPSA) is 146 Å². The van der Waals surface area contributed by atoms with E-state index >= 15 is 4.39 Å². The Balaban J connectivity index is 1.80. The van der Waals surface area contributed by atoms with Crippen LogP contribution in [0.5, 0.6) is 5.75 Å². The van der Waals surface area contributed by atoms with Crippen LogP contribution in [-0.2, 0) is 10.0 Å². The summed E-state index contributed by atoms with van der Waals surface area (Å²) < 4.78 is 59.8. The molecule has 0 aliphatic heterocycles. The summed E-state index contributed by atoms with van der Waals surface area (Å²) in [5.74, 6) is -0.178. The molecule has 35 heavy (non-hydrogen) atoms. The number of nitrogens with zero attached hydrogens (tertiary/aromatic N) is 3. The zero-order valence-electron chi connectivity index (χ0n) is 18.6. The summed E-state index contributed by atoms with van der Waals surface area (Å²) in [6.45, 7) is -0.794. The van der Waals surface area contributed by atoms with Crippen LogP contribution in [0, 0.1) is 5.82 Å². The van der Waals surface area contributed by atoms with Crippen molar-refractivity contribution in [1.29, 1.82) is 0 Å². The van der Waals surface area contributed by atoms with E-state index in [1.54, 1.807) is 24.3 Å². The number of nitrogens with one attached hydrogen (secondary N) is 1. The van der Waals surface area contributed by atoms with Gasteiger partial charge in [0.25, 0.3) is 0 Å². The Morgan fingerprint density at radius 3 is 2.57 bits per heavy atom. The molecule has 0 bridgehead atoms. The number of hydrogen-bond acceptors (Lipinski definition) is 8. The number of alkyl halides is 1. The zero-order chi connectivity index (χ0) is 25.2. The number of nitrogen functional groups attached to an aromatic ring is 2. The number of pyridine rings is 1. The van der Waals surface area contributed by atoms with Crippen molar-refractivity contribution < 1.29 is 21.9 Å². The van der Waals surface area contributed by atoms with Crippen LogP contribution in [0.3, 0.4) is 0 Å². The lowest BCUT2D eigenvalue weighted by atomic mass is 10.0. The Morgan fingerprint density at radius 1 is 1.09 bits per heavy atom. The van der Waals surface area contributed by atoms with Crippen LogP contribution in [0.15, 0.2) is 48.7 Å². The lowest BCUT2D eigenvalue weighted by Gasteiger charge is -2.15. The van der Waals surface area contributed by atoms with Crippen LogP contribution in [0.25, 0.3) is 33.4 Å². The van der Waals surface area contributed by atoms with E-state index in [0.717, 1.165) is 0 Å². The average molecular weight is 501 g/mol. The number of aromatic nitrogens is 3. The summed E-state index contributed by atoms with van der Waals surface area (Å²) in [5.41, 5.74) is 13.0. The molecular formula is C23H22F2N6O3S. The third-order valence-corrected chi connectivity index (χ3v) is 6.55. The fraction of sp³-hybridized carbons (Fsp3) is 0.174. The summed E-state index contributed by atoms with van der Waals surface area (Å²) in [6, 6.07) is 10.7. The molecule has 2 aromatic heterocycles. The Kier molecular flexibility index (Phi) is 6.65. The second-order valence-electron chi connectivity index (χ2n) is 7.60. The van der Waals surface area contributed by atoms with Gasteiger partial charge in [0.05, 0.1) is 30.7 Å². The fourth-order valence-corrected chi connectivity index (χ4v) is 4.59. The van der Waals surface area contributed by atoms with Crippen LogP contribution < -0.4 is 20.9 Å². The molecule has 0 atom stereocenters. The highest BCUT2D eigenvalue weighted by Gasteiger charge is 2.20. The molecule has 4 aromatic rings. The molecule has 0 saturated carbocycles. The van der Waals surface area contributed by atoms with Gasteiger partial charge in [-0.1, -0.05) is 12.1 Å². The van der Waals surface area contributed by atoms with Crippen molar-refractivity contribution in [2.75, 3.05) is 35.7 Å². The predicted molar refractivity (Wildman–Crippen MR) is 132 cm³/mol. The maximum Gasteiger partial charge on any atom is 0.232 e. The van der Waals surface area contributed by atoms with Crippen LogP contribution >= 0.6 is 0 Å². The van der Waals surface area contributed by atoms with Crippen LogP contribution in [0.2, 0.25) is 0 Å². The summed E-state index contributed by atoms with van der Waals surface area (Å²) >= 11 is 0. The van der Waals surface area contributed by atoms with Gasteiger partial charge in [-0.3, -0.25) is 9.11 Å². The number of rotatable bonds is 8. The van der Waals surface area contributed by atoms with Crippen molar-refractivity contribution in [1.82, 2.24) is 15.0 Å². The molecule has 0 aliphatic rings. The molecule has 182 valence electrons. The summed E-state index contributed by atoms with van der Waals surface area (Å²) in [7, 11) is -2.51. The SMILES string of the molecule is COc1cc2nc(-c3ccc(N)nc3)nc(N)c2cc1-c1cccc(NS(=O)(=O)CCCF)c1F. The number of fused-ring (bicyclic) bond motifs is 1. The van der Waals surface area contributed by atoms with E-state index in [0.29, 0.717) is 33.7 Å². The highest BCUT2D eigenvalue weighted by atomic mass is 32.2. The minimum Gasteiger partial charge on any atom is -0.496 e. The molecular weight excluding hydrogens is 478 g/mol. The molecule has 0 fully saturated rings. The van der Waals surface area contributed by atoms with Crippen LogP contribution in [-0.4, -0.2) is 42.9 Å². The number of ether oxygens (including phenoxy) is 1. The quantitative estimate of drug-likeness (QED) is 0.331. The van der Waals surface area contributed by atoms with E-state index in [9.17, 15) is 12.8 Å². The van der Waals surface area contributed by atoms with Crippen molar-refractivity contribution in [3.05, 3.63) is 54.5 Å². The normalized spacial score (nSPS) is 11.5. The minimum absolute atomic E-state index is 0.0700. The molecule has 4 rings (SSSR count). The molecule has 2 heterocycles.